The van der Waals surface area contributed by atoms with Crippen LogP contribution in [0.3, 0.4) is 0 Å². The summed E-state index contributed by atoms with van der Waals surface area (Å²) in [4.78, 5) is 0. The van der Waals surface area contributed by atoms with Crippen LogP contribution in [0.4, 0.5) is 0 Å². The van der Waals surface area contributed by atoms with Crippen LogP contribution in [0.2, 0.25) is 6.55 Å². The number of aryl methyl sites for hydroxylation is 4. The monoisotopic (exact) mass is 288 g/mol. The quantitative estimate of drug-likeness (QED) is 0.582. The van der Waals surface area contributed by atoms with Gasteiger partial charge in [-0.25, -0.2) is 0 Å². The Kier molecular flexibility index (Phi) is 3.89. The van der Waals surface area contributed by atoms with Crippen molar-refractivity contribution in [3.05, 3.63) is 58.7 Å². The normalized spacial score (nSPS) is 11.7. The highest BCUT2D eigenvalue weighted by molar-refractivity contribution is 7.33. The van der Waals surface area contributed by atoms with Crippen molar-refractivity contribution in [2.45, 2.75) is 34.2 Å². The molecule has 0 atom stereocenters. The fraction of sp³-hybridized carbons (Fsp3) is 0.294. The van der Waals surface area contributed by atoms with E-state index in [2.05, 4.69) is 70.6 Å². The molecule has 0 fully saturated rings. The van der Waals surface area contributed by atoms with Crippen molar-refractivity contribution in [3.8, 4) is 0 Å². The Morgan fingerprint density at radius 2 is 1.05 bits per heavy atom. The van der Waals surface area contributed by atoms with Gasteiger partial charge in [-0.05, 0) is 66.9 Å². The van der Waals surface area contributed by atoms with Gasteiger partial charge in [0.25, 0.3) is 0 Å². The smallest absolute Gasteiger partial charge is 0.155 e. The molecular weight excluding hydrogens is 268 g/mol. The van der Waals surface area contributed by atoms with Crippen molar-refractivity contribution in [3.63, 3.8) is 0 Å². The van der Waals surface area contributed by atoms with Crippen LogP contribution in [0.15, 0.2) is 36.4 Å². The maximum absolute atomic E-state index is 6.97. The topological polar surface area (TPSA) is 0 Å². The zero-order valence-corrected chi connectivity index (χ0v) is 14.1. The molecule has 0 N–H and O–H groups in total. The molecule has 0 bridgehead atoms. The molecule has 0 radical (unpaired) electrons. The Morgan fingerprint density at radius 3 is 1.37 bits per heavy atom. The molecule has 0 heterocycles. The minimum Gasteiger partial charge on any atom is -0.155 e. The summed E-state index contributed by atoms with van der Waals surface area (Å²) in [6.45, 7) is 10.8. The van der Waals surface area contributed by atoms with Crippen LogP contribution in [0, 0.1) is 27.7 Å². The van der Waals surface area contributed by atoms with Crippen LogP contribution in [-0.4, -0.2) is 7.38 Å². The average molecular weight is 289 g/mol. The molecule has 0 saturated heterocycles. The van der Waals surface area contributed by atoms with E-state index in [0.717, 1.165) is 0 Å². The molecule has 0 saturated carbocycles. The molecule has 19 heavy (non-hydrogen) atoms. The van der Waals surface area contributed by atoms with E-state index in [1.807, 2.05) is 0 Å². The zero-order valence-electron chi connectivity index (χ0n) is 12.3. The van der Waals surface area contributed by atoms with Crippen molar-refractivity contribution in [2.75, 3.05) is 0 Å². The van der Waals surface area contributed by atoms with Gasteiger partial charge in [0.1, 0.15) is 0 Å². The average Bonchev–Trinajstić information content (AvgIpc) is 2.35. The summed E-state index contributed by atoms with van der Waals surface area (Å²) in [5.41, 5.74) is 5.29. The van der Waals surface area contributed by atoms with E-state index in [-0.39, 0.29) is 0 Å². The fourth-order valence-corrected chi connectivity index (χ4v) is 5.04. The molecule has 100 valence electrons. The van der Waals surface area contributed by atoms with Crippen LogP contribution >= 0.6 is 11.1 Å². The molecule has 0 nitrogen and oxygen atoms in total. The highest BCUT2D eigenvalue weighted by atomic mass is 35.6. The molecule has 0 aromatic heterocycles. The highest BCUT2D eigenvalue weighted by Crippen LogP contribution is 2.15. The van der Waals surface area contributed by atoms with Crippen LogP contribution in [0.5, 0.6) is 0 Å². The second kappa shape index (κ2) is 5.14. The lowest BCUT2D eigenvalue weighted by Gasteiger charge is -2.22. The Balaban J connectivity index is 2.51. The van der Waals surface area contributed by atoms with E-state index in [1.165, 1.54) is 32.6 Å². The van der Waals surface area contributed by atoms with E-state index >= 15 is 0 Å². The van der Waals surface area contributed by atoms with Crippen molar-refractivity contribution in [1.82, 2.24) is 0 Å². The van der Waals surface area contributed by atoms with Gasteiger partial charge >= 0.3 is 0 Å². The van der Waals surface area contributed by atoms with Gasteiger partial charge in [0.2, 0.25) is 7.38 Å². The predicted molar refractivity (Wildman–Crippen MR) is 88.6 cm³/mol. The van der Waals surface area contributed by atoms with Gasteiger partial charge in [-0.1, -0.05) is 36.4 Å². The third-order valence-electron chi connectivity index (χ3n) is 4.10. The lowest BCUT2D eigenvalue weighted by Crippen LogP contribution is -2.51. The Hall–Kier alpha value is -1.05. The highest BCUT2D eigenvalue weighted by Gasteiger charge is 2.30. The molecule has 0 unspecified atom stereocenters. The Labute approximate surface area is 122 Å². The minimum atomic E-state index is -2.09. The molecule has 0 amide bonds. The van der Waals surface area contributed by atoms with Crippen molar-refractivity contribution < 1.29 is 0 Å². The van der Waals surface area contributed by atoms with Gasteiger partial charge in [0.15, 0.2) is 0 Å². The van der Waals surface area contributed by atoms with Gasteiger partial charge in [-0.15, -0.1) is 0 Å². The second-order valence-corrected chi connectivity index (χ2v) is 11.0. The summed E-state index contributed by atoms with van der Waals surface area (Å²) in [6.07, 6.45) is 0. The lowest BCUT2D eigenvalue weighted by atomic mass is 10.1. The van der Waals surface area contributed by atoms with Gasteiger partial charge in [0.05, 0.1) is 0 Å². The summed E-state index contributed by atoms with van der Waals surface area (Å²) in [5, 5.41) is 2.58. The molecule has 0 aliphatic rings. The van der Waals surface area contributed by atoms with Crippen molar-refractivity contribution in [1.29, 1.82) is 0 Å². The van der Waals surface area contributed by atoms with E-state index in [1.54, 1.807) is 0 Å². The number of hydrogen-bond donors (Lipinski definition) is 0. The first-order valence-electron chi connectivity index (χ1n) is 6.67. The summed E-state index contributed by atoms with van der Waals surface area (Å²) < 4.78 is 0. The largest absolute Gasteiger partial charge is 0.214 e. The van der Waals surface area contributed by atoms with E-state index < -0.39 is 7.38 Å². The number of hydrogen-bond acceptors (Lipinski definition) is 0. The van der Waals surface area contributed by atoms with E-state index in [4.69, 9.17) is 11.1 Å². The summed E-state index contributed by atoms with van der Waals surface area (Å²) in [7, 11) is -2.09. The third kappa shape index (κ3) is 2.77. The molecule has 2 heteroatoms. The molecule has 0 aliphatic carbocycles. The molecule has 2 aromatic carbocycles. The van der Waals surface area contributed by atoms with Gasteiger partial charge < -0.3 is 0 Å². The molecule has 0 aliphatic heterocycles. The molecule has 0 spiro atoms. The number of halogens is 1. The predicted octanol–water partition coefficient (Wildman–Crippen LogP) is 3.85. The van der Waals surface area contributed by atoms with E-state index in [0.29, 0.717) is 0 Å². The van der Waals surface area contributed by atoms with Crippen LogP contribution in [0.25, 0.3) is 0 Å². The first-order valence-corrected chi connectivity index (χ1v) is 10.2. The Morgan fingerprint density at radius 1 is 0.684 bits per heavy atom. The maximum Gasteiger partial charge on any atom is 0.214 e. The fourth-order valence-electron chi connectivity index (χ4n) is 2.23. The number of benzene rings is 2. The first kappa shape index (κ1) is 14.4. The maximum atomic E-state index is 6.97. The lowest BCUT2D eigenvalue weighted by molar-refractivity contribution is 1.35. The van der Waals surface area contributed by atoms with Crippen LogP contribution in [0.1, 0.15) is 22.3 Å². The number of rotatable bonds is 2. The summed E-state index contributed by atoms with van der Waals surface area (Å²) in [6, 6.07) is 13.2. The molecule has 2 aromatic rings. The van der Waals surface area contributed by atoms with Gasteiger partial charge in [0, 0.05) is 0 Å². The standard InChI is InChI=1S/C17H21ClSi/c1-12-6-8-16(10-14(12)3)19(5,18)17-9-7-13(2)15(4)11-17/h6-11H,1-5H3. The van der Waals surface area contributed by atoms with Gasteiger partial charge in [-0.2, -0.15) is 11.1 Å². The van der Waals surface area contributed by atoms with Crippen LogP contribution < -0.4 is 10.4 Å². The molecule has 2 rings (SSSR count). The van der Waals surface area contributed by atoms with Crippen LogP contribution in [-0.2, 0) is 0 Å². The molecular formula is C17H21ClSi. The summed E-state index contributed by atoms with van der Waals surface area (Å²) in [5.74, 6) is 0. The zero-order chi connectivity index (χ0) is 14.2. The van der Waals surface area contributed by atoms with Gasteiger partial charge in [-0.3, -0.25) is 0 Å². The SMILES string of the molecule is Cc1ccc([Si](C)(Cl)c2ccc(C)c(C)c2)cc1C. The van der Waals surface area contributed by atoms with Crippen molar-refractivity contribution in [2.24, 2.45) is 0 Å². The Bertz CT molecular complexity index is 561. The van der Waals surface area contributed by atoms with E-state index in [9.17, 15) is 0 Å². The van der Waals surface area contributed by atoms with Crippen molar-refractivity contribution >= 4 is 28.8 Å². The summed E-state index contributed by atoms with van der Waals surface area (Å²) >= 11 is 6.97. The minimum absolute atomic E-state index is 1.29. The second-order valence-electron chi connectivity index (χ2n) is 5.60. The third-order valence-corrected chi connectivity index (χ3v) is 8.20. The first-order chi connectivity index (χ1) is 8.82.